The summed E-state index contributed by atoms with van der Waals surface area (Å²) in [6, 6.07) is 2.57. The first-order chi connectivity index (χ1) is 18.2. The second-order valence-corrected chi connectivity index (χ2v) is 11.9. The molecule has 1 aliphatic carbocycles. The van der Waals surface area contributed by atoms with Gasteiger partial charge in [0.25, 0.3) is 5.91 Å². The van der Waals surface area contributed by atoms with E-state index in [2.05, 4.69) is 20.6 Å². The number of aliphatic hydroxyl groups excluding tert-OH is 1. The number of carbonyl (C=O) groups excluding carboxylic acids is 2. The van der Waals surface area contributed by atoms with Gasteiger partial charge in [-0.25, -0.2) is 19.2 Å². The van der Waals surface area contributed by atoms with Crippen molar-refractivity contribution < 1.29 is 28.9 Å². The van der Waals surface area contributed by atoms with Gasteiger partial charge in [-0.1, -0.05) is 25.4 Å². The first-order valence-corrected chi connectivity index (χ1v) is 13.3. The van der Waals surface area contributed by atoms with E-state index in [-0.39, 0.29) is 41.2 Å². The number of β-amino-alcohol motifs (C(OH)–C–C–N with tert-alkyl or cyclic N) is 1. The molecular formula is C27H35ClFN5O5. The maximum atomic E-state index is 15.5. The fraction of sp³-hybridized carbons (Fsp3) is 0.556. The van der Waals surface area contributed by atoms with E-state index in [1.54, 1.807) is 19.9 Å². The molecule has 2 aliphatic rings. The number of benzene rings is 1. The molecule has 0 saturated heterocycles. The number of nitrogens with zero attached hydrogens (tertiary/aromatic N) is 3. The minimum atomic E-state index is -1.12. The van der Waals surface area contributed by atoms with Gasteiger partial charge in [-0.3, -0.25) is 4.79 Å². The number of amides is 2. The first-order valence-electron chi connectivity index (χ1n) is 12.9. The number of hydrogen-bond donors (Lipinski definition) is 4. The molecule has 39 heavy (non-hydrogen) atoms. The molecule has 1 saturated carbocycles. The molecule has 4 N–H and O–H groups in total. The highest BCUT2D eigenvalue weighted by Crippen LogP contribution is 2.39. The lowest BCUT2D eigenvalue weighted by Crippen LogP contribution is -2.51. The zero-order valence-corrected chi connectivity index (χ0v) is 23.5. The molecule has 2 aromatic rings. The van der Waals surface area contributed by atoms with Crippen LogP contribution in [0.2, 0.25) is 5.02 Å². The van der Waals surface area contributed by atoms with Crippen LogP contribution in [0.5, 0.6) is 0 Å². The van der Waals surface area contributed by atoms with Crippen LogP contribution < -0.4 is 10.6 Å². The van der Waals surface area contributed by atoms with Crippen molar-refractivity contribution in [2.45, 2.75) is 76.2 Å². The molecule has 1 aromatic carbocycles. The SMILES string of the molecule is CNC(=O)O[C@@H]1CC[C@@H](Nc2ncc(Cl)c(-c3cc(F)c4c(c3)C(C)(C)CN(CC(C)(C)O)C4=O)n2)[C@H](O)C1. The van der Waals surface area contributed by atoms with E-state index in [9.17, 15) is 19.8 Å². The van der Waals surface area contributed by atoms with E-state index in [1.807, 2.05) is 13.8 Å². The Balaban J connectivity index is 1.59. The topological polar surface area (TPSA) is 137 Å². The summed E-state index contributed by atoms with van der Waals surface area (Å²) in [6.07, 6.45) is 0.963. The number of halogens is 2. The Hall–Kier alpha value is -3.02. The average Bonchev–Trinajstić information content (AvgIpc) is 2.83. The summed E-state index contributed by atoms with van der Waals surface area (Å²) in [5.74, 6) is -0.972. The Bertz CT molecular complexity index is 1270. The molecule has 1 aromatic heterocycles. The van der Waals surface area contributed by atoms with Gasteiger partial charge in [-0.2, -0.15) is 0 Å². The Morgan fingerprint density at radius 1 is 1.33 bits per heavy atom. The standard InChI is InChI=1S/C27H35ClFN5O5/c1-26(2)12-34(13-27(3,4)38)23(36)21-16(26)8-14(9-18(21)29)22-17(28)11-31-24(33-22)32-19-7-6-15(10-20(19)35)39-25(37)30-5/h8-9,11,15,19-20,35,38H,6-7,10,12-13H2,1-5H3,(H,30,37)(H,31,32,33)/t15-,19-,20-/m1/s1. The van der Waals surface area contributed by atoms with Gasteiger partial charge >= 0.3 is 6.09 Å². The van der Waals surface area contributed by atoms with Crippen LogP contribution in [0.4, 0.5) is 15.1 Å². The minimum absolute atomic E-state index is 0.0263. The van der Waals surface area contributed by atoms with Crippen molar-refractivity contribution in [3.8, 4) is 11.3 Å². The maximum Gasteiger partial charge on any atom is 0.407 e. The van der Waals surface area contributed by atoms with Gasteiger partial charge in [0.15, 0.2) is 0 Å². The number of aliphatic hydroxyl groups is 2. The molecule has 12 heteroatoms. The van der Waals surface area contributed by atoms with E-state index in [1.165, 1.54) is 24.2 Å². The second-order valence-electron chi connectivity index (χ2n) is 11.5. The molecule has 2 heterocycles. The highest BCUT2D eigenvalue weighted by molar-refractivity contribution is 6.32. The number of ether oxygens (including phenoxy) is 1. The van der Waals surface area contributed by atoms with E-state index >= 15 is 4.39 Å². The zero-order chi connectivity index (χ0) is 28.7. The molecule has 0 unspecified atom stereocenters. The lowest BCUT2D eigenvalue weighted by molar-refractivity contribution is 0.0172. The smallest absolute Gasteiger partial charge is 0.407 e. The van der Waals surface area contributed by atoms with Gasteiger partial charge in [-0.15, -0.1) is 0 Å². The van der Waals surface area contributed by atoms with Gasteiger partial charge in [-0.05, 0) is 44.4 Å². The highest BCUT2D eigenvalue weighted by Gasteiger charge is 2.40. The van der Waals surface area contributed by atoms with E-state index in [0.717, 1.165) is 0 Å². The Morgan fingerprint density at radius 2 is 2.05 bits per heavy atom. The molecule has 3 atom stereocenters. The van der Waals surface area contributed by atoms with Gasteiger partial charge in [0.2, 0.25) is 5.95 Å². The largest absolute Gasteiger partial charge is 0.446 e. The van der Waals surface area contributed by atoms with Crippen LogP contribution in [-0.4, -0.2) is 81.1 Å². The third-order valence-electron chi connectivity index (χ3n) is 7.06. The molecule has 0 bridgehead atoms. The number of fused-ring (bicyclic) bond motifs is 1. The highest BCUT2D eigenvalue weighted by atomic mass is 35.5. The molecule has 4 rings (SSSR count). The van der Waals surface area contributed by atoms with E-state index in [4.69, 9.17) is 16.3 Å². The molecule has 1 aliphatic heterocycles. The molecule has 212 valence electrons. The summed E-state index contributed by atoms with van der Waals surface area (Å²) in [4.78, 5) is 34.9. The number of alkyl carbamates (subject to hydrolysis) is 1. The van der Waals surface area contributed by atoms with Gasteiger partial charge in [0.05, 0.1) is 40.2 Å². The van der Waals surface area contributed by atoms with Crippen molar-refractivity contribution in [1.82, 2.24) is 20.2 Å². The third kappa shape index (κ3) is 6.42. The number of anilines is 1. The minimum Gasteiger partial charge on any atom is -0.446 e. The number of rotatable bonds is 6. The van der Waals surface area contributed by atoms with Crippen molar-refractivity contribution in [1.29, 1.82) is 0 Å². The molecule has 1 fully saturated rings. The number of carbonyl (C=O) groups is 2. The van der Waals surface area contributed by atoms with Crippen molar-refractivity contribution >= 4 is 29.5 Å². The quantitative estimate of drug-likeness (QED) is 0.419. The Labute approximate surface area is 231 Å². The molecule has 0 radical (unpaired) electrons. The fourth-order valence-corrected chi connectivity index (χ4v) is 5.48. The van der Waals surface area contributed by atoms with Crippen molar-refractivity contribution in [2.24, 2.45) is 0 Å². The fourth-order valence-electron chi connectivity index (χ4n) is 5.28. The monoisotopic (exact) mass is 563 g/mol. The average molecular weight is 564 g/mol. The van der Waals surface area contributed by atoms with Crippen LogP contribution in [0.25, 0.3) is 11.3 Å². The molecular weight excluding hydrogens is 529 g/mol. The van der Waals surface area contributed by atoms with Crippen LogP contribution in [0.3, 0.4) is 0 Å². The number of aromatic nitrogens is 2. The van der Waals surface area contributed by atoms with Crippen LogP contribution in [0.15, 0.2) is 18.3 Å². The second kappa shape index (κ2) is 10.9. The van der Waals surface area contributed by atoms with Crippen LogP contribution in [0, 0.1) is 5.82 Å². The van der Waals surface area contributed by atoms with E-state index < -0.39 is 41.0 Å². The van der Waals surface area contributed by atoms with E-state index in [0.29, 0.717) is 30.5 Å². The summed E-state index contributed by atoms with van der Waals surface area (Å²) in [6.45, 7) is 7.43. The van der Waals surface area contributed by atoms with Gasteiger partial charge < -0.3 is 30.5 Å². The summed E-state index contributed by atoms with van der Waals surface area (Å²) in [7, 11) is 1.47. The summed E-state index contributed by atoms with van der Waals surface area (Å²) >= 11 is 6.43. The lowest BCUT2D eigenvalue weighted by Gasteiger charge is -2.41. The Kier molecular flexibility index (Phi) is 8.07. The summed E-state index contributed by atoms with van der Waals surface area (Å²) in [5, 5.41) is 26.6. The van der Waals surface area contributed by atoms with Gasteiger partial charge in [0, 0.05) is 37.5 Å². The van der Waals surface area contributed by atoms with Crippen molar-refractivity contribution in [2.75, 3.05) is 25.5 Å². The van der Waals surface area contributed by atoms with Gasteiger partial charge in [0.1, 0.15) is 11.9 Å². The number of hydrogen-bond acceptors (Lipinski definition) is 8. The predicted molar refractivity (Wildman–Crippen MR) is 144 cm³/mol. The van der Waals surface area contributed by atoms with Crippen molar-refractivity contribution in [3.63, 3.8) is 0 Å². The summed E-state index contributed by atoms with van der Waals surface area (Å²) in [5.41, 5.74) is -0.552. The van der Waals surface area contributed by atoms with Crippen LogP contribution >= 0.6 is 11.6 Å². The molecule has 0 spiro atoms. The van der Waals surface area contributed by atoms with Crippen LogP contribution in [0.1, 0.15) is 62.9 Å². The summed E-state index contributed by atoms with van der Waals surface area (Å²) < 4.78 is 20.8. The normalized spacial score (nSPS) is 22.7. The molecule has 10 nitrogen and oxygen atoms in total. The Morgan fingerprint density at radius 3 is 2.69 bits per heavy atom. The predicted octanol–water partition coefficient (Wildman–Crippen LogP) is 3.49. The van der Waals surface area contributed by atoms with Crippen LogP contribution in [-0.2, 0) is 10.2 Å². The maximum absolute atomic E-state index is 15.5. The first kappa shape index (κ1) is 29.0. The lowest BCUT2D eigenvalue weighted by atomic mass is 9.76. The number of nitrogens with one attached hydrogen (secondary N) is 2. The van der Waals surface area contributed by atoms with Crippen molar-refractivity contribution in [3.05, 3.63) is 40.3 Å². The molecule has 2 amide bonds. The third-order valence-corrected chi connectivity index (χ3v) is 7.34. The zero-order valence-electron chi connectivity index (χ0n) is 22.7.